The number of nitrogens with zero attached hydrogens (tertiary/aromatic N) is 5. The molecule has 1 aliphatic heterocycles. The number of hydrogen-bond acceptors (Lipinski definition) is 5. The molecule has 1 saturated heterocycles. The maximum Gasteiger partial charge on any atom is 0.191 e. The third kappa shape index (κ3) is 3.23. The molecule has 0 spiro atoms. The lowest BCUT2D eigenvalue weighted by molar-refractivity contribution is 0.276. The van der Waals surface area contributed by atoms with Gasteiger partial charge in [-0.25, -0.2) is 0 Å². The Morgan fingerprint density at radius 2 is 2.24 bits per heavy atom. The predicted octanol–water partition coefficient (Wildman–Crippen LogP) is 0.439. The molecule has 1 aromatic rings. The van der Waals surface area contributed by atoms with Crippen LogP contribution in [0.2, 0.25) is 0 Å². The van der Waals surface area contributed by atoms with Gasteiger partial charge in [0.1, 0.15) is 0 Å². The lowest BCUT2D eigenvalue weighted by Crippen LogP contribution is -2.27. The van der Waals surface area contributed by atoms with Gasteiger partial charge in [0, 0.05) is 6.54 Å². The van der Waals surface area contributed by atoms with Gasteiger partial charge in [-0.05, 0) is 37.7 Å². The van der Waals surface area contributed by atoms with Crippen LogP contribution < -0.4 is 5.32 Å². The Hall–Kier alpha value is -1.01. The molecule has 0 amide bonds. The van der Waals surface area contributed by atoms with Crippen LogP contribution in [0.5, 0.6) is 0 Å². The first-order chi connectivity index (χ1) is 8.33. The van der Waals surface area contributed by atoms with E-state index in [2.05, 4.69) is 39.5 Å². The summed E-state index contributed by atoms with van der Waals surface area (Å²) in [6, 6.07) is 0.317. The SMILES string of the molecule is CCN(CC)CCn1nnc([C@@H]2CCCN2)n1. The molecule has 0 aliphatic carbocycles. The van der Waals surface area contributed by atoms with Crippen LogP contribution >= 0.6 is 0 Å². The monoisotopic (exact) mass is 238 g/mol. The maximum atomic E-state index is 4.44. The molecule has 1 N–H and O–H groups in total. The summed E-state index contributed by atoms with van der Waals surface area (Å²) < 4.78 is 0. The minimum absolute atomic E-state index is 0.317. The van der Waals surface area contributed by atoms with Crippen LogP contribution in [0.1, 0.15) is 38.6 Å². The standard InChI is InChI=1S/C11H22N6/c1-3-16(4-2)8-9-17-14-11(13-15-17)10-6-5-7-12-10/h10,12H,3-9H2,1-2H3/t10-/m0/s1. The normalized spacial score (nSPS) is 20.3. The zero-order chi connectivity index (χ0) is 12.1. The van der Waals surface area contributed by atoms with Gasteiger partial charge in [0.05, 0.1) is 12.6 Å². The number of tetrazole rings is 1. The Bertz CT molecular complexity index is 326. The largest absolute Gasteiger partial charge is 0.307 e. The Morgan fingerprint density at radius 1 is 1.41 bits per heavy atom. The average Bonchev–Trinajstić information content (AvgIpc) is 3.01. The van der Waals surface area contributed by atoms with Gasteiger partial charge in [0.25, 0.3) is 0 Å². The third-order valence-corrected chi connectivity index (χ3v) is 3.35. The van der Waals surface area contributed by atoms with Gasteiger partial charge in [-0.15, -0.1) is 10.2 Å². The summed E-state index contributed by atoms with van der Waals surface area (Å²) in [5, 5.41) is 16.1. The summed E-state index contributed by atoms with van der Waals surface area (Å²) in [4.78, 5) is 4.07. The highest BCUT2D eigenvalue weighted by Crippen LogP contribution is 2.18. The maximum absolute atomic E-state index is 4.44. The Balaban J connectivity index is 1.85. The predicted molar refractivity (Wildman–Crippen MR) is 65.6 cm³/mol. The quantitative estimate of drug-likeness (QED) is 0.779. The molecule has 1 aromatic heterocycles. The first-order valence-electron chi connectivity index (χ1n) is 6.57. The van der Waals surface area contributed by atoms with Crippen LogP contribution in [-0.4, -0.2) is 51.3 Å². The summed E-state index contributed by atoms with van der Waals surface area (Å²) in [7, 11) is 0. The van der Waals surface area contributed by atoms with E-state index in [1.807, 2.05) is 0 Å². The van der Waals surface area contributed by atoms with E-state index in [9.17, 15) is 0 Å². The summed E-state index contributed by atoms with van der Waals surface area (Å²) >= 11 is 0. The molecule has 2 heterocycles. The van der Waals surface area contributed by atoms with Crippen molar-refractivity contribution >= 4 is 0 Å². The first-order valence-corrected chi connectivity index (χ1v) is 6.57. The van der Waals surface area contributed by atoms with Crippen molar-refractivity contribution in [1.29, 1.82) is 0 Å². The van der Waals surface area contributed by atoms with E-state index >= 15 is 0 Å². The molecule has 0 aromatic carbocycles. The molecule has 0 bridgehead atoms. The topological polar surface area (TPSA) is 58.9 Å². The van der Waals surface area contributed by atoms with Crippen molar-refractivity contribution < 1.29 is 0 Å². The molecule has 1 aliphatic rings. The molecular weight excluding hydrogens is 216 g/mol. The molecule has 17 heavy (non-hydrogen) atoms. The fourth-order valence-corrected chi connectivity index (χ4v) is 2.17. The van der Waals surface area contributed by atoms with Crippen LogP contribution in [0.3, 0.4) is 0 Å². The second kappa shape index (κ2) is 6.07. The van der Waals surface area contributed by atoms with Crippen molar-refractivity contribution in [1.82, 2.24) is 30.4 Å². The molecule has 2 rings (SSSR count). The van der Waals surface area contributed by atoms with Crippen LogP contribution in [0.15, 0.2) is 0 Å². The summed E-state index contributed by atoms with van der Waals surface area (Å²) in [6.45, 7) is 9.36. The number of hydrogen-bond donors (Lipinski definition) is 1. The van der Waals surface area contributed by atoms with E-state index in [0.717, 1.165) is 45.0 Å². The van der Waals surface area contributed by atoms with Gasteiger partial charge in [0.2, 0.25) is 0 Å². The number of aromatic nitrogens is 4. The average molecular weight is 238 g/mol. The van der Waals surface area contributed by atoms with Gasteiger partial charge in [0.15, 0.2) is 5.82 Å². The minimum Gasteiger partial charge on any atom is -0.307 e. The Kier molecular flexibility index (Phi) is 4.44. The lowest BCUT2D eigenvalue weighted by Gasteiger charge is -2.16. The second-order valence-corrected chi connectivity index (χ2v) is 4.42. The summed E-state index contributed by atoms with van der Waals surface area (Å²) in [5.74, 6) is 0.849. The molecule has 6 heteroatoms. The third-order valence-electron chi connectivity index (χ3n) is 3.35. The fraction of sp³-hybridized carbons (Fsp3) is 0.909. The van der Waals surface area contributed by atoms with E-state index in [4.69, 9.17) is 0 Å². The van der Waals surface area contributed by atoms with Crippen molar-refractivity contribution in [2.75, 3.05) is 26.2 Å². The van der Waals surface area contributed by atoms with Crippen LogP contribution in [-0.2, 0) is 6.54 Å². The highest BCUT2D eigenvalue weighted by Gasteiger charge is 2.20. The van der Waals surface area contributed by atoms with E-state index in [-0.39, 0.29) is 0 Å². The molecule has 1 atom stereocenters. The number of nitrogens with one attached hydrogen (secondary N) is 1. The highest BCUT2D eigenvalue weighted by molar-refractivity contribution is 4.92. The van der Waals surface area contributed by atoms with Gasteiger partial charge in [-0.1, -0.05) is 13.8 Å². The molecule has 0 unspecified atom stereocenters. The van der Waals surface area contributed by atoms with Crippen molar-refractivity contribution in [3.05, 3.63) is 5.82 Å². The molecule has 1 fully saturated rings. The van der Waals surface area contributed by atoms with Crippen molar-refractivity contribution in [3.63, 3.8) is 0 Å². The minimum atomic E-state index is 0.317. The lowest BCUT2D eigenvalue weighted by atomic mass is 10.2. The van der Waals surface area contributed by atoms with Crippen LogP contribution in [0, 0.1) is 0 Å². The van der Waals surface area contributed by atoms with Gasteiger partial charge in [-0.2, -0.15) is 4.80 Å². The Morgan fingerprint density at radius 3 is 2.88 bits per heavy atom. The molecule has 96 valence electrons. The second-order valence-electron chi connectivity index (χ2n) is 4.42. The first kappa shape index (κ1) is 12.4. The van der Waals surface area contributed by atoms with Crippen molar-refractivity contribution in [2.45, 2.75) is 39.3 Å². The molecule has 0 radical (unpaired) electrons. The zero-order valence-corrected chi connectivity index (χ0v) is 10.8. The number of likely N-dealkylation sites (N-methyl/N-ethyl adjacent to an activating group) is 1. The highest BCUT2D eigenvalue weighted by atomic mass is 15.6. The fourth-order valence-electron chi connectivity index (χ4n) is 2.17. The van der Waals surface area contributed by atoms with E-state index in [1.165, 1.54) is 6.42 Å². The zero-order valence-electron chi connectivity index (χ0n) is 10.8. The van der Waals surface area contributed by atoms with Crippen molar-refractivity contribution in [3.8, 4) is 0 Å². The molecule has 0 saturated carbocycles. The summed E-state index contributed by atoms with van der Waals surface area (Å²) in [5.41, 5.74) is 0. The molecule has 6 nitrogen and oxygen atoms in total. The van der Waals surface area contributed by atoms with Crippen LogP contribution in [0.4, 0.5) is 0 Å². The number of rotatable bonds is 6. The van der Waals surface area contributed by atoms with E-state index in [1.54, 1.807) is 4.80 Å². The molecular formula is C11H22N6. The van der Waals surface area contributed by atoms with Gasteiger partial charge < -0.3 is 10.2 Å². The van der Waals surface area contributed by atoms with E-state index in [0.29, 0.717) is 6.04 Å². The van der Waals surface area contributed by atoms with Crippen molar-refractivity contribution in [2.24, 2.45) is 0 Å². The van der Waals surface area contributed by atoms with Gasteiger partial charge >= 0.3 is 0 Å². The Labute approximate surface area is 102 Å². The summed E-state index contributed by atoms with van der Waals surface area (Å²) in [6.07, 6.45) is 2.33. The van der Waals surface area contributed by atoms with E-state index < -0.39 is 0 Å². The smallest absolute Gasteiger partial charge is 0.191 e. The van der Waals surface area contributed by atoms with Crippen LogP contribution in [0.25, 0.3) is 0 Å². The van der Waals surface area contributed by atoms with Gasteiger partial charge in [-0.3, -0.25) is 0 Å².